The first-order valence-corrected chi connectivity index (χ1v) is 7.78. The molecule has 0 heterocycles. The summed E-state index contributed by atoms with van der Waals surface area (Å²) >= 11 is 0. The van der Waals surface area contributed by atoms with Crippen LogP contribution in [0.5, 0.6) is 0 Å². The van der Waals surface area contributed by atoms with E-state index in [-0.39, 0.29) is 0 Å². The van der Waals surface area contributed by atoms with Crippen molar-refractivity contribution in [2.45, 2.75) is 85.0 Å². The summed E-state index contributed by atoms with van der Waals surface area (Å²) in [6.45, 7) is 6.99. The fraction of sp³-hybridized carbons (Fsp3) is 0.938. The van der Waals surface area contributed by atoms with Crippen LogP contribution in [0.4, 0.5) is 0 Å². The number of aliphatic carboxylic acids is 1. The Labute approximate surface area is 113 Å². The maximum Gasteiger partial charge on any atom is 0.303 e. The monoisotopic (exact) mass is 256 g/mol. The summed E-state index contributed by atoms with van der Waals surface area (Å²) < 4.78 is 0. The van der Waals surface area contributed by atoms with Gasteiger partial charge in [0.25, 0.3) is 0 Å². The van der Waals surface area contributed by atoms with E-state index < -0.39 is 5.97 Å². The van der Waals surface area contributed by atoms with E-state index in [1.54, 1.807) is 0 Å². The largest absolute Gasteiger partial charge is 0.481 e. The van der Waals surface area contributed by atoms with Crippen LogP contribution in [-0.4, -0.2) is 11.1 Å². The quantitative estimate of drug-likeness (QED) is 0.483. The molecule has 2 heteroatoms. The molecular formula is C16H32O2. The van der Waals surface area contributed by atoms with Crippen LogP contribution in [0.15, 0.2) is 0 Å². The summed E-state index contributed by atoms with van der Waals surface area (Å²) in [6, 6.07) is 0. The SMILES string of the molecule is CC[C@H](C)C[C@@H](C)CCCCCCCCC(=O)O. The number of carboxylic acid groups (broad SMARTS) is 1. The van der Waals surface area contributed by atoms with E-state index >= 15 is 0 Å². The maximum absolute atomic E-state index is 10.3. The van der Waals surface area contributed by atoms with Gasteiger partial charge in [0.05, 0.1) is 0 Å². The molecule has 2 atom stereocenters. The van der Waals surface area contributed by atoms with Gasteiger partial charge in [-0.15, -0.1) is 0 Å². The van der Waals surface area contributed by atoms with Crippen molar-refractivity contribution in [1.29, 1.82) is 0 Å². The minimum Gasteiger partial charge on any atom is -0.481 e. The van der Waals surface area contributed by atoms with E-state index in [0.717, 1.165) is 24.7 Å². The Balaban J connectivity index is 3.22. The number of carboxylic acids is 1. The van der Waals surface area contributed by atoms with Crippen molar-refractivity contribution in [2.24, 2.45) is 11.8 Å². The minimum absolute atomic E-state index is 0.339. The predicted octanol–water partition coefficient (Wildman–Crippen LogP) is 5.26. The number of hydrogen-bond acceptors (Lipinski definition) is 1. The average molecular weight is 256 g/mol. The number of carbonyl (C=O) groups is 1. The normalized spacial score (nSPS) is 14.4. The Morgan fingerprint density at radius 1 is 0.944 bits per heavy atom. The third-order valence-electron chi connectivity index (χ3n) is 3.84. The number of rotatable bonds is 12. The standard InChI is InChI=1S/C16H32O2/c1-4-14(2)13-15(3)11-9-7-5-6-8-10-12-16(17)18/h14-15H,4-13H2,1-3H3,(H,17,18)/t14-,15-/m0/s1. The molecule has 0 aromatic rings. The molecule has 0 radical (unpaired) electrons. The van der Waals surface area contributed by atoms with Gasteiger partial charge in [-0.2, -0.15) is 0 Å². The van der Waals surface area contributed by atoms with Crippen LogP contribution in [0.1, 0.15) is 85.0 Å². The maximum atomic E-state index is 10.3. The molecule has 0 fully saturated rings. The second-order valence-corrected chi connectivity index (χ2v) is 5.91. The van der Waals surface area contributed by atoms with Crippen LogP contribution in [0, 0.1) is 11.8 Å². The highest BCUT2D eigenvalue weighted by atomic mass is 16.4. The van der Waals surface area contributed by atoms with Gasteiger partial charge >= 0.3 is 5.97 Å². The van der Waals surface area contributed by atoms with E-state index in [4.69, 9.17) is 5.11 Å². The first kappa shape index (κ1) is 17.5. The predicted molar refractivity (Wildman–Crippen MR) is 77.8 cm³/mol. The summed E-state index contributed by atoms with van der Waals surface area (Å²) in [6.07, 6.45) is 11.4. The zero-order chi connectivity index (χ0) is 13.8. The summed E-state index contributed by atoms with van der Waals surface area (Å²) in [7, 11) is 0. The highest BCUT2D eigenvalue weighted by Gasteiger charge is 2.06. The molecule has 0 aliphatic carbocycles. The van der Waals surface area contributed by atoms with Crippen LogP contribution < -0.4 is 0 Å². The molecule has 2 nitrogen and oxygen atoms in total. The molecule has 18 heavy (non-hydrogen) atoms. The molecule has 0 bridgehead atoms. The third-order valence-corrected chi connectivity index (χ3v) is 3.84. The van der Waals surface area contributed by atoms with Crippen molar-refractivity contribution in [2.75, 3.05) is 0 Å². The Hall–Kier alpha value is -0.530. The van der Waals surface area contributed by atoms with Gasteiger partial charge in [-0.1, -0.05) is 65.7 Å². The average Bonchev–Trinajstić information content (AvgIpc) is 2.31. The lowest BCUT2D eigenvalue weighted by Gasteiger charge is -2.15. The lowest BCUT2D eigenvalue weighted by Crippen LogP contribution is -2.02. The molecule has 0 aromatic heterocycles. The molecule has 0 aliphatic heterocycles. The second kappa shape index (κ2) is 11.6. The van der Waals surface area contributed by atoms with E-state index in [0.29, 0.717) is 6.42 Å². The van der Waals surface area contributed by atoms with Gasteiger partial charge in [-0.05, 0) is 24.7 Å². The van der Waals surface area contributed by atoms with Crippen LogP contribution in [0.25, 0.3) is 0 Å². The first-order valence-electron chi connectivity index (χ1n) is 7.78. The Morgan fingerprint density at radius 2 is 1.50 bits per heavy atom. The third kappa shape index (κ3) is 11.9. The first-order chi connectivity index (χ1) is 8.56. The Kier molecular flexibility index (Phi) is 11.2. The molecule has 108 valence electrons. The van der Waals surface area contributed by atoms with Gasteiger partial charge in [0.15, 0.2) is 0 Å². The van der Waals surface area contributed by atoms with Gasteiger partial charge in [-0.3, -0.25) is 4.79 Å². The van der Waals surface area contributed by atoms with Crippen LogP contribution >= 0.6 is 0 Å². The minimum atomic E-state index is -0.658. The van der Waals surface area contributed by atoms with Crippen molar-refractivity contribution in [1.82, 2.24) is 0 Å². The zero-order valence-electron chi connectivity index (χ0n) is 12.6. The van der Waals surface area contributed by atoms with E-state index in [1.165, 1.54) is 44.9 Å². The van der Waals surface area contributed by atoms with E-state index in [9.17, 15) is 4.79 Å². The molecule has 0 saturated carbocycles. The molecule has 0 unspecified atom stereocenters. The van der Waals surface area contributed by atoms with Gasteiger partial charge in [0.2, 0.25) is 0 Å². The van der Waals surface area contributed by atoms with Gasteiger partial charge in [0.1, 0.15) is 0 Å². The summed E-state index contributed by atoms with van der Waals surface area (Å²) in [5.41, 5.74) is 0. The molecule has 0 rings (SSSR count). The smallest absolute Gasteiger partial charge is 0.303 e. The van der Waals surface area contributed by atoms with Crippen LogP contribution in [-0.2, 0) is 4.79 Å². The molecule has 0 amide bonds. The van der Waals surface area contributed by atoms with Crippen molar-refractivity contribution in [3.05, 3.63) is 0 Å². The summed E-state index contributed by atoms with van der Waals surface area (Å²) in [4.78, 5) is 10.3. The zero-order valence-corrected chi connectivity index (χ0v) is 12.6. The van der Waals surface area contributed by atoms with Gasteiger partial charge in [0, 0.05) is 6.42 Å². The van der Waals surface area contributed by atoms with Crippen LogP contribution in [0.3, 0.4) is 0 Å². The van der Waals surface area contributed by atoms with Crippen molar-refractivity contribution in [3.63, 3.8) is 0 Å². The molecular weight excluding hydrogens is 224 g/mol. The van der Waals surface area contributed by atoms with Crippen molar-refractivity contribution in [3.8, 4) is 0 Å². The number of unbranched alkanes of at least 4 members (excludes halogenated alkanes) is 5. The Bertz CT molecular complexity index is 201. The van der Waals surface area contributed by atoms with E-state index in [1.807, 2.05) is 0 Å². The van der Waals surface area contributed by atoms with Crippen molar-refractivity contribution < 1.29 is 9.90 Å². The Morgan fingerprint density at radius 3 is 2.06 bits per heavy atom. The van der Waals surface area contributed by atoms with Gasteiger partial charge < -0.3 is 5.11 Å². The van der Waals surface area contributed by atoms with Crippen LogP contribution in [0.2, 0.25) is 0 Å². The lowest BCUT2D eigenvalue weighted by molar-refractivity contribution is -0.137. The summed E-state index contributed by atoms with van der Waals surface area (Å²) in [5, 5.41) is 8.51. The highest BCUT2D eigenvalue weighted by Crippen LogP contribution is 2.20. The molecule has 0 saturated heterocycles. The second-order valence-electron chi connectivity index (χ2n) is 5.91. The fourth-order valence-electron chi connectivity index (χ4n) is 2.45. The molecule has 0 aliphatic rings. The molecule has 1 N–H and O–H groups in total. The molecule has 0 aromatic carbocycles. The summed E-state index contributed by atoms with van der Waals surface area (Å²) in [5.74, 6) is 1.08. The topological polar surface area (TPSA) is 37.3 Å². The fourth-order valence-corrected chi connectivity index (χ4v) is 2.45. The lowest BCUT2D eigenvalue weighted by atomic mass is 9.91. The van der Waals surface area contributed by atoms with E-state index in [2.05, 4.69) is 20.8 Å². The molecule has 0 spiro atoms. The highest BCUT2D eigenvalue weighted by molar-refractivity contribution is 5.66. The number of hydrogen-bond donors (Lipinski definition) is 1. The van der Waals surface area contributed by atoms with Crippen molar-refractivity contribution >= 4 is 5.97 Å². The van der Waals surface area contributed by atoms with Gasteiger partial charge in [-0.25, -0.2) is 0 Å².